The minimum atomic E-state index is -0.436. The molecule has 1 unspecified atom stereocenters. The summed E-state index contributed by atoms with van der Waals surface area (Å²) in [5, 5.41) is 13.0. The van der Waals surface area contributed by atoms with Crippen molar-refractivity contribution in [2.24, 2.45) is 0 Å². The van der Waals surface area contributed by atoms with Crippen LogP contribution in [0.2, 0.25) is 0 Å². The summed E-state index contributed by atoms with van der Waals surface area (Å²) < 4.78 is 10.6. The maximum absolute atomic E-state index is 9.66. The fraction of sp³-hybridized carbons (Fsp3) is 0.600. The predicted octanol–water partition coefficient (Wildman–Crippen LogP) is 2.67. The van der Waals surface area contributed by atoms with E-state index in [0.717, 1.165) is 11.4 Å². The van der Waals surface area contributed by atoms with Gasteiger partial charge in [0.15, 0.2) is 0 Å². The largest absolute Gasteiger partial charge is 0.497 e. The van der Waals surface area contributed by atoms with Crippen molar-refractivity contribution in [1.82, 2.24) is 0 Å². The molecule has 0 aliphatic carbocycles. The third kappa shape index (κ3) is 4.73. The SMILES string of the molecule is COc1ccc(NC(C)(CO)CC(C)(C)OC)cc1. The summed E-state index contributed by atoms with van der Waals surface area (Å²) in [7, 11) is 3.33. The molecule has 0 aliphatic heterocycles. The Morgan fingerprint density at radius 2 is 1.68 bits per heavy atom. The van der Waals surface area contributed by atoms with E-state index in [1.807, 2.05) is 45.0 Å². The zero-order valence-corrected chi connectivity index (χ0v) is 12.5. The van der Waals surface area contributed by atoms with Crippen molar-refractivity contribution in [2.75, 3.05) is 26.1 Å². The lowest BCUT2D eigenvalue weighted by Gasteiger charge is -2.37. The molecule has 4 nitrogen and oxygen atoms in total. The number of hydrogen-bond donors (Lipinski definition) is 2. The average molecular weight is 267 g/mol. The Morgan fingerprint density at radius 3 is 2.11 bits per heavy atom. The first-order valence-corrected chi connectivity index (χ1v) is 6.42. The van der Waals surface area contributed by atoms with E-state index < -0.39 is 5.54 Å². The van der Waals surface area contributed by atoms with Gasteiger partial charge in [0, 0.05) is 19.2 Å². The molecule has 19 heavy (non-hydrogen) atoms. The molecule has 0 saturated heterocycles. The van der Waals surface area contributed by atoms with Crippen molar-refractivity contribution in [2.45, 2.75) is 38.3 Å². The average Bonchev–Trinajstić information content (AvgIpc) is 2.39. The smallest absolute Gasteiger partial charge is 0.119 e. The lowest BCUT2D eigenvalue weighted by molar-refractivity contribution is -0.00531. The number of benzene rings is 1. The van der Waals surface area contributed by atoms with Gasteiger partial charge in [-0.2, -0.15) is 0 Å². The van der Waals surface area contributed by atoms with Gasteiger partial charge >= 0.3 is 0 Å². The summed E-state index contributed by atoms with van der Waals surface area (Å²) in [6.07, 6.45) is 0.693. The van der Waals surface area contributed by atoms with Crippen molar-refractivity contribution >= 4 is 5.69 Å². The van der Waals surface area contributed by atoms with Crippen molar-refractivity contribution in [3.63, 3.8) is 0 Å². The summed E-state index contributed by atoms with van der Waals surface area (Å²) in [6, 6.07) is 7.66. The van der Waals surface area contributed by atoms with Crippen LogP contribution in [-0.2, 0) is 4.74 Å². The minimum Gasteiger partial charge on any atom is -0.497 e. The van der Waals surface area contributed by atoms with Crippen LogP contribution in [0.15, 0.2) is 24.3 Å². The van der Waals surface area contributed by atoms with E-state index in [4.69, 9.17) is 9.47 Å². The number of aliphatic hydroxyl groups is 1. The maximum atomic E-state index is 9.66. The fourth-order valence-electron chi connectivity index (χ4n) is 2.17. The second-order valence-electron chi connectivity index (χ2n) is 5.71. The molecule has 1 rings (SSSR count). The molecular formula is C15H25NO3. The molecule has 0 bridgehead atoms. The van der Waals surface area contributed by atoms with E-state index >= 15 is 0 Å². The summed E-state index contributed by atoms with van der Waals surface area (Å²) in [5.41, 5.74) is 0.217. The summed E-state index contributed by atoms with van der Waals surface area (Å²) >= 11 is 0. The molecule has 1 atom stereocenters. The minimum absolute atomic E-state index is 0.0336. The van der Waals surface area contributed by atoms with Crippen LogP contribution < -0.4 is 10.1 Å². The lowest BCUT2D eigenvalue weighted by atomic mass is 9.88. The Morgan fingerprint density at radius 1 is 1.11 bits per heavy atom. The van der Waals surface area contributed by atoms with Crippen LogP contribution in [0.4, 0.5) is 5.69 Å². The van der Waals surface area contributed by atoms with Gasteiger partial charge in [0.25, 0.3) is 0 Å². The first kappa shape index (κ1) is 15.8. The van der Waals surface area contributed by atoms with E-state index in [1.54, 1.807) is 14.2 Å². The van der Waals surface area contributed by atoms with Crippen molar-refractivity contribution < 1.29 is 14.6 Å². The van der Waals surface area contributed by atoms with Crippen LogP contribution in [-0.4, -0.2) is 37.1 Å². The van der Waals surface area contributed by atoms with Crippen molar-refractivity contribution in [1.29, 1.82) is 0 Å². The molecule has 1 aromatic carbocycles. The van der Waals surface area contributed by atoms with Gasteiger partial charge in [-0.3, -0.25) is 0 Å². The zero-order chi connectivity index (χ0) is 14.5. The van der Waals surface area contributed by atoms with E-state index in [1.165, 1.54) is 0 Å². The highest BCUT2D eigenvalue weighted by Crippen LogP contribution is 2.27. The van der Waals surface area contributed by atoms with Gasteiger partial charge in [0.2, 0.25) is 0 Å². The fourth-order valence-corrected chi connectivity index (χ4v) is 2.17. The van der Waals surface area contributed by atoms with Gasteiger partial charge < -0.3 is 19.9 Å². The molecule has 0 spiro atoms. The Balaban J connectivity index is 2.79. The lowest BCUT2D eigenvalue weighted by Crippen LogP contribution is -2.45. The van der Waals surface area contributed by atoms with Crippen LogP contribution in [0, 0.1) is 0 Å². The van der Waals surface area contributed by atoms with Crippen LogP contribution in [0.25, 0.3) is 0 Å². The van der Waals surface area contributed by atoms with Crippen LogP contribution in [0.5, 0.6) is 5.75 Å². The topological polar surface area (TPSA) is 50.7 Å². The quantitative estimate of drug-likeness (QED) is 0.797. The van der Waals surface area contributed by atoms with Crippen LogP contribution >= 0.6 is 0 Å². The Kier molecular flexibility index (Phi) is 5.20. The number of rotatable bonds is 7. The normalized spacial score (nSPS) is 14.8. The number of nitrogens with one attached hydrogen (secondary N) is 1. The maximum Gasteiger partial charge on any atom is 0.119 e. The molecule has 0 saturated carbocycles. The highest BCUT2D eigenvalue weighted by Gasteiger charge is 2.32. The van der Waals surface area contributed by atoms with E-state index in [9.17, 15) is 5.11 Å². The standard InChI is InChI=1S/C15H25NO3/c1-14(2,19-5)10-15(3,11-17)16-12-6-8-13(18-4)9-7-12/h6-9,16-17H,10-11H2,1-5H3. The third-order valence-electron chi connectivity index (χ3n) is 3.25. The third-order valence-corrected chi connectivity index (χ3v) is 3.25. The van der Waals surface area contributed by atoms with Crippen LogP contribution in [0.1, 0.15) is 27.2 Å². The van der Waals surface area contributed by atoms with Crippen molar-refractivity contribution in [3.05, 3.63) is 24.3 Å². The highest BCUT2D eigenvalue weighted by atomic mass is 16.5. The molecule has 2 N–H and O–H groups in total. The summed E-state index contributed by atoms with van der Waals surface area (Å²) in [5.74, 6) is 0.813. The molecule has 0 amide bonds. The second-order valence-corrected chi connectivity index (χ2v) is 5.71. The second kappa shape index (κ2) is 6.26. The van der Waals surface area contributed by atoms with Gasteiger partial charge in [-0.25, -0.2) is 0 Å². The summed E-state index contributed by atoms with van der Waals surface area (Å²) in [6.45, 7) is 6.04. The van der Waals surface area contributed by atoms with Gasteiger partial charge in [-0.1, -0.05) is 0 Å². The van der Waals surface area contributed by atoms with Crippen molar-refractivity contribution in [3.8, 4) is 5.75 Å². The first-order chi connectivity index (χ1) is 8.84. The molecule has 0 heterocycles. The Labute approximate surface area is 115 Å². The molecule has 0 aromatic heterocycles. The molecule has 108 valence electrons. The molecule has 0 fully saturated rings. The monoisotopic (exact) mass is 267 g/mol. The Bertz CT molecular complexity index is 389. The van der Waals surface area contributed by atoms with Crippen LogP contribution in [0.3, 0.4) is 0 Å². The molecule has 1 aromatic rings. The van der Waals surface area contributed by atoms with E-state index in [0.29, 0.717) is 6.42 Å². The van der Waals surface area contributed by atoms with E-state index in [-0.39, 0.29) is 12.2 Å². The van der Waals surface area contributed by atoms with Gasteiger partial charge in [-0.15, -0.1) is 0 Å². The summed E-state index contributed by atoms with van der Waals surface area (Å²) in [4.78, 5) is 0. The molecule has 0 radical (unpaired) electrons. The molecule has 0 aliphatic rings. The molecule has 4 heteroatoms. The highest BCUT2D eigenvalue weighted by molar-refractivity contribution is 5.48. The number of methoxy groups -OCH3 is 2. The number of hydrogen-bond acceptors (Lipinski definition) is 4. The Hall–Kier alpha value is -1.26. The van der Waals surface area contributed by atoms with Gasteiger partial charge in [0.05, 0.1) is 24.9 Å². The van der Waals surface area contributed by atoms with E-state index in [2.05, 4.69) is 5.32 Å². The molecular weight excluding hydrogens is 242 g/mol. The number of anilines is 1. The first-order valence-electron chi connectivity index (χ1n) is 6.42. The van der Waals surface area contributed by atoms with Gasteiger partial charge in [-0.05, 0) is 45.0 Å². The zero-order valence-electron chi connectivity index (χ0n) is 12.5. The number of ether oxygens (including phenoxy) is 2. The van der Waals surface area contributed by atoms with Gasteiger partial charge in [0.1, 0.15) is 5.75 Å². The number of aliphatic hydroxyl groups excluding tert-OH is 1. The predicted molar refractivity (Wildman–Crippen MR) is 77.8 cm³/mol.